The molecule has 1 aromatic rings. The fraction of sp³-hybridized carbons (Fsp3) is 0.208. The monoisotopic (exact) mass is 479 g/mol. The number of hydrogen-bond donors (Lipinski definition) is 2. The maximum Gasteiger partial charge on any atom is 0.330 e. The Morgan fingerprint density at radius 3 is 1.94 bits per heavy atom. The van der Waals surface area contributed by atoms with Crippen molar-refractivity contribution in [3.63, 3.8) is 0 Å². The quantitative estimate of drug-likeness (QED) is 0.241. The molecule has 0 aromatic heterocycles. The summed E-state index contributed by atoms with van der Waals surface area (Å²) in [5, 5.41) is 11.0. The van der Waals surface area contributed by atoms with Crippen LogP contribution in [0.5, 0.6) is 0 Å². The number of fused-ring (bicyclic) bond motifs is 2. The van der Waals surface area contributed by atoms with Gasteiger partial charge in [-0.1, -0.05) is 36.9 Å². The lowest BCUT2D eigenvalue weighted by Gasteiger charge is -2.49. The number of carboxylic acids is 1. The standard InChI is InChI=1S/C18H17N3O6S.C6H4/c1-8(2)13(18(26)27)20-16(25)12(19-9(3)22)17(20)28-21-14(23)10-6-4-5-7-11(10)15(21)24;1-2-5-4-6(5)3-1/h4-7,12-13,17H,1H2,2-3H3,(H,19,22)(H,26,27);1-4H. The Kier molecular flexibility index (Phi) is 6.01. The van der Waals surface area contributed by atoms with Gasteiger partial charge in [-0.25, -0.2) is 9.10 Å². The second kappa shape index (κ2) is 8.79. The predicted molar refractivity (Wildman–Crippen MR) is 124 cm³/mol. The molecule has 0 spiro atoms. The number of rotatable bonds is 6. The zero-order chi connectivity index (χ0) is 24.7. The van der Waals surface area contributed by atoms with Crippen molar-refractivity contribution in [3.05, 3.63) is 71.8 Å². The van der Waals surface area contributed by atoms with Gasteiger partial charge in [-0.3, -0.25) is 19.2 Å². The Labute approximate surface area is 199 Å². The van der Waals surface area contributed by atoms with Crippen molar-refractivity contribution < 1.29 is 29.1 Å². The minimum Gasteiger partial charge on any atom is -0.479 e. The van der Waals surface area contributed by atoms with Gasteiger partial charge in [0.2, 0.25) is 11.8 Å². The minimum absolute atomic E-state index is 0.204. The van der Waals surface area contributed by atoms with Crippen molar-refractivity contribution in [2.45, 2.75) is 31.3 Å². The van der Waals surface area contributed by atoms with E-state index in [2.05, 4.69) is 36.2 Å². The summed E-state index contributed by atoms with van der Waals surface area (Å²) in [6.07, 6.45) is 0. The lowest BCUT2D eigenvalue weighted by Crippen LogP contribution is -2.73. The Hall–Kier alpha value is -3.92. The van der Waals surface area contributed by atoms with Crippen LogP contribution in [-0.4, -0.2) is 61.4 Å². The molecule has 1 fully saturated rings. The summed E-state index contributed by atoms with van der Waals surface area (Å²) in [6.45, 7) is 6.29. The van der Waals surface area contributed by atoms with Gasteiger partial charge in [-0.15, -0.1) is 0 Å². The molecule has 5 rings (SSSR count). The average molecular weight is 480 g/mol. The first-order chi connectivity index (χ1) is 16.1. The summed E-state index contributed by atoms with van der Waals surface area (Å²) in [4.78, 5) is 61.8. The summed E-state index contributed by atoms with van der Waals surface area (Å²) in [6, 6.07) is 12.4. The zero-order valence-electron chi connectivity index (χ0n) is 18.3. The summed E-state index contributed by atoms with van der Waals surface area (Å²) in [7, 11) is 0. The van der Waals surface area contributed by atoms with Crippen LogP contribution < -0.4 is 5.32 Å². The third kappa shape index (κ3) is 4.08. The van der Waals surface area contributed by atoms with E-state index < -0.39 is 47.1 Å². The van der Waals surface area contributed by atoms with Gasteiger partial charge in [0.25, 0.3) is 11.8 Å². The number of β-lactam (4-membered cyclic amide) rings is 1. The van der Waals surface area contributed by atoms with E-state index in [0.717, 1.165) is 9.21 Å². The van der Waals surface area contributed by atoms with Crippen LogP contribution in [0.4, 0.5) is 0 Å². The first-order valence-corrected chi connectivity index (χ1v) is 11.2. The number of carbonyl (C=O) groups is 5. The molecule has 3 atom stereocenters. The van der Waals surface area contributed by atoms with E-state index >= 15 is 0 Å². The van der Waals surface area contributed by atoms with Gasteiger partial charge < -0.3 is 15.3 Å². The average Bonchev–Trinajstić information content (AvgIpc) is 3.31. The lowest BCUT2D eigenvalue weighted by molar-refractivity contribution is -0.159. The molecule has 0 radical (unpaired) electrons. The fourth-order valence-electron chi connectivity index (χ4n) is 3.84. The highest BCUT2D eigenvalue weighted by atomic mass is 32.2. The van der Waals surface area contributed by atoms with Crippen molar-refractivity contribution in [1.82, 2.24) is 14.5 Å². The number of nitrogens with one attached hydrogen (secondary N) is 1. The first kappa shape index (κ1) is 23.2. The molecular formula is C24H21N3O6S. The highest BCUT2D eigenvalue weighted by Gasteiger charge is 2.55. The van der Waals surface area contributed by atoms with Crippen LogP contribution in [0.3, 0.4) is 0 Å². The number of nitrogens with zero attached hydrogens (tertiary/aromatic N) is 2. The highest BCUT2D eigenvalue weighted by molar-refractivity contribution is 7.98. The molecule has 2 heterocycles. The number of hydrogen-bond acceptors (Lipinski definition) is 6. The maximum absolute atomic E-state index is 12.6. The van der Waals surface area contributed by atoms with E-state index in [9.17, 15) is 29.1 Å². The smallest absolute Gasteiger partial charge is 0.330 e. The first-order valence-electron chi connectivity index (χ1n) is 10.3. The largest absolute Gasteiger partial charge is 0.479 e. The molecule has 2 aliphatic heterocycles. The molecule has 2 aliphatic carbocycles. The van der Waals surface area contributed by atoms with Crippen LogP contribution in [0.1, 0.15) is 34.6 Å². The second-order valence-electron chi connectivity index (χ2n) is 8.04. The van der Waals surface area contributed by atoms with E-state index in [1.807, 2.05) is 0 Å². The van der Waals surface area contributed by atoms with Crippen LogP contribution in [0, 0.1) is 0 Å². The maximum atomic E-state index is 12.6. The molecule has 9 nitrogen and oxygen atoms in total. The Morgan fingerprint density at radius 2 is 1.56 bits per heavy atom. The van der Waals surface area contributed by atoms with E-state index in [0.29, 0.717) is 11.9 Å². The second-order valence-corrected chi connectivity index (χ2v) is 9.10. The molecule has 1 aromatic carbocycles. The molecule has 34 heavy (non-hydrogen) atoms. The van der Waals surface area contributed by atoms with Crippen molar-refractivity contribution in [3.8, 4) is 11.1 Å². The third-order valence-corrected chi connectivity index (χ3v) is 6.76. The van der Waals surface area contributed by atoms with Gasteiger partial charge in [-0.05, 0) is 53.8 Å². The zero-order valence-corrected chi connectivity index (χ0v) is 19.2. The molecule has 2 N–H and O–H groups in total. The van der Waals surface area contributed by atoms with Crippen molar-refractivity contribution in [1.29, 1.82) is 0 Å². The van der Waals surface area contributed by atoms with Crippen molar-refractivity contribution in [2.24, 2.45) is 0 Å². The summed E-state index contributed by atoms with van der Waals surface area (Å²) in [5.41, 5.74) is 3.51. The fourth-order valence-corrected chi connectivity index (χ4v) is 5.08. The number of carboxylic acid groups (broad SMARTS) is 1. The molecule has 4 amide bonds. The van der Waals surface area contributed by atoms with E-state index in [1.54, 1.807) is 12.1 Å². The van der Waals surface area contributed by atoms with E-state index in [4.69, 9.17) is 0 Å². The summed E-state index contributed by atoms with van der Waals surface area (Å²) in [5.74, 6) is -3.54. The molecule has 174 valence electrons. The number of aliphatic carboxylic acids is 1. The predicted octanol–water partition coefficient (Wildman–Crippen LogP) is 2.30. The summed E-state index contributed by atoms with van der Waals surface area (Å²) >= 11 is 0.712. The van der Waals surface area contributed by atoms with Gasteiger partial charge in [0.1, 0.15) is 11.4 Å². The van der Waals surface area contributed by atoms with Crippen LogP contribution >= 0.6 is 11.9 Å². The molecule has 3 unspecified atom stereocenters. The molecule has 0 bridgehead atoms. The van der Waals surface area contributed by atoms with Gasteiger partial charge in [-0.2, -0.15) is 0 Å². The Morgan fingerprint density at radius 1 is 1.00 bits per heavy atom. The van der Waals surface area contributed by atoms with Gasteiger partial charge in [0.15, 0.2) is 6.04 Å². The topological polar surface area (TPSA) is 124 Å². The number of imide groups is 1. The number of likely N-dealkylation sites (tertiary alicyclic amines) is 1. The number of carbonyl (C=O) groups excluding carboxylic acids is 4. The molecule has 4 aliphatic rings. The Balaban J connectivity index is 0.000000388. The van der Waals surface area contributed by atoms with E-state index in [-0.39, 0.29) is 16.7 Å². The summed E-state index contributed by atoms with van der Waals surface area (Å²) < 4.78 is 0.890. The highest BCUT2D eigenvalue weighted by Crippen LogP contribution is 2.39. The van der Waals surface area contributed by atoms with Gasteiger partial charge in [0.05, 0.1) is 11.1 Å². The lowest BCUT2D eigenvalue weighted by atomic mass is 9.99. The van der Waals surface area contributed by atoms with Gasteiger partial charge in [0, 0.05) is 6.92 Å². The van der Waals surface area contributed by atoms with Gasteiger partial charge >= 0.3 is 5.97 Å². The molecule has 0 saturated carbocycles. The van der Waals surface area contributed by atoms with Crippen molar-refractivity contribution >= 4 is 41.5 Å². The normalized spacial score (nSPS) is 20.0. The third-order valence-electron chi connectivity index (χ3n) is 5.50. The van der Waals surface area contributed by atoms with Crippen molar-refractivity contribution in [2.75, 3.05) is 0 Å². The van der Waals surface area contributed by atoms with E-state index in [1.165, 1.54) is 37.1 Å². The number of benzene rings is 2. The van der Waals surface area contributed by atoms with Crippen LogP contribution in [0.15, 0.2) is 60.7 Å². The minimum atomic E-state index is -1.34. The van der Waals surface area contributed by atoms with Crippen LogP contribution in [-0.2, 0) is 14.4 Å². The van der Waals surface area contributed by atoms with Crippen LogP contribution in [0.25, 0.3) is 11.1 Å². The molecular weight excluding hydrogens is 458 g/mol. The Bertz CT molecular complexity index is 1190. The van der Waals surface area contributed by atoms with Crippen LogP contribution in [0.2, 0.25) is 0 Å². The molecule has 10 heteroatoms. The SMILES string of the molecule is C=C(C)C(C(=O)O)N1C(=O)C(NC(C)=O)C1SN1C(=O)c2ccccc2C1=O.c1cc2cc-2c1. The number of amides is 4. The molecule has 1 saturated heterocycles.